The first-order valence-corrected chi connectivity index (χ1v) is 20.1. The first-order chi connectivity index (χ1) is 25.1. The number of rotatable bonds is 4. The Kier molecular flexibility index (Phi) is 10.0. The summed E-state index contributed by atoms with van der Waals surface area (Å²) in [5, 5.41) is 20.1. The van der Waals surface area contributed by atoms with Gasteiger partial charge >= 0.3 is 0 Å². The van der Waals surface area contributed by atoms with E-state index in [0.29, 0.717) is 25.7 Å². The lowest BCUT2D eigenvalue weighted by Crippen LogP contribution is -2.61. The molecule has 290 valence electrons. The van der Waals surface area contributed by atoms with Crippen LogP contribution in [0.15, 0.2) is 24.3 Å². The fourth-order valence-electron chi connectivity index (χ4n) is 11.3. The van der Waals surface area contributed by atoms with Gasteiger partial charge in [0.25, 0.3) is 0 Å². The molecule has 9 unspecified atom stereocenters. The van der Waals surface area contributed by atoms with Gasteiger partial charge in [0.05, 0.1) is 73.8 Å². The van der Waals surface area contributed by atoms with E-state index in [1.54, 1.807) is 7.11 Å². The van der Waals surface area contributed by atoms with Crippen LogP contribution in [-0.4, -0.2) is 133 Å². The van der Waals surface area contributed by atoms with Gasteiger partial charge in [0.15, 0.2) is 5.79 Å². The van der Waals surface area contributed by atoms with Crippen LogP contribution < -0.4 is 0 Å². The quantitative estimate of drug-likeness (QED) is 0.410. The maximum Gasteiger partial charge on any atom is 0.172 e. The average molecular weight is 731 g/mol. The molecule has 0 aromatic heterocycles. The Balaban J connectivity index is 0.994. The van der Waals surface area contributed by atoms with Gasteiger partial charge in [-0.1, -0.05) is 20.1 Å². The summed E-state index contributed by atoms with van der Waals surface area (Å²) in [5.74, 6) is -0.709. The molecule has 0 aromatic carbocycles. The van der Waals surface area contributed by atoms with Gasteiger partial charge in [-0.3, -0.25) is 4.79 Å². The van der Waals surface area contributed by atoms with E-state index in [4.69, 9.17) is 42.6 Å². The van der Waals surface area contributed by atoms with Gasteiger partial charge in [-0.25, -0.2) is 0 Å². The second-order valence-corrected chi connectivity index (χ2v) is 17.4. The van der Waals surface area contributed by atoms with Gasteiger partial charge in [-0.15, -0.1) is 0 Å². The predicted octanol–water partition coefficient (Wildman–Crippen LogP) is 3.47. The molecule has 52 heavy (non-hydrogen) atoms. The lowest BCUT2D eigenvalue weighted by molar-refractivity contribution is -0.292. The van der Waals surface area contributed by atoms with Gasteiger partial charge in [0.2, 0.25) is 0 Å². The number of aliphatic hydroxyl groups excluding tert-OH is 2. The van der Waals surface area contributed by atoms with Crippen LogP contribution in [0.25, 0.3) is 0 Å². The van der Waals surface area contributed by atoms with Gasteiger partial charge in [-0.2, -0.15) is 0 Å². The number of fused-ring (bicyclic) bond motifs is 6. The molecule has 0 saturated carbocycles. The van der Waals surface area contributed by atoms with Gasteiger partial charge in [0, 0.05) is 51.6 Å². The molecule has 0 amide bonds. The monoisotopic (exact) mass is 730 g/mol. The van der Waals surface area contributed by atoms with Crippen LogP contribution in [-0.2, 0) is 47.4 Å². The van der Waals surface area contributed by atoms with E-state index in [0.717, 1.165) is 49.7 Å². The van der Waals surface area contributed by atoms with E-state index < -0.39 is 24.1 Å². The molecule has 0 aromatic rings. The summed E-state index contributed by atoms with van der Waals surface area (Å²) in [6, 6.07) is 0. The zero-order chi connectivity index (χ0) is 35.9. The highest BCUT2D eigenvalue weighted by molar-refractivity contribution is 5.79. The highest BCUT2D eigenvalue weighted by atomic mass is 16.8. The third-order valence-corrected chi connectivity index (χ3v) is 13.9. The molecule has 19 atom stereocenters. The molecule has 0 radical (unpaired) electrons. The summed E-state index contributed by atoms with van der Waals surface area (Å²) in [6.45, 7) is 10.7. The predicted molar refractivity (Wildman–Crippen MR) is 184 cm³/mol. The maximum absolute atomic E-state index is 14.0. The Hall–Kier alpha value is -1.29. The summed E-state index contributed by atoms with van der Waals surface area (Å²) < 4.78 is 59.8. The number of hydrogen-bond acceptors (Lipinski definition) is 12. The second-order valence-electron chi connectivity index (χ2n) is 17.4. The van der Waals surface area contributed by atoms with Crippen LogP contribution in [0.3, 0.4) is 0 Å². The number of Topliss-reactive ketones (excluding diaryl/α,β-unsaturated/α-hetero) is 1. The zero-order valence-corrected chi connectivity index (χ0v) is 30.7. The summed E-state index contributed by atoms with van der Waals surface area (Å²) in [6.07, 6.45) is 4.01. The molecular formula is C40H58O12. The van der Waals surface area contributed by atoms with Crippen LogP contribution in [0.1, 0.15) is 90.4 Å². The lowest BCUT2D eigenvalue weighted by atomic mass is 9.81. The molecule has 12 bridgehead atoms. The van der Waals surface area contributed by atoms with E-state index in [2.05, 4.69) is 20.1 Å². The van der Waals surface area contributed by atoms with E-state index >= 15 is 0 Å². The van der Waals surface area contributed by atoms with Crippen molar-refractivity contribution in [1.82, 2.24) is 0 Å². The number of ketones is 1. The lowest BCUT2D eigenvalue weighted by Gasteiger charge is -2.47. The number of hydrogen-bond donors (Lipinski definition) is 2. The first kappa shape index (κ1) is 36.4. The highest BCUT2D eigenvalue weighted by Gasteiger charge is 2.68. The number of methoxy groups -OCH3 is 1. The summed E-state index contributed by atoms with van der Waals surface area (Å²) in [5.41, 5.74) is 2.17. The molecule has 10 aliphatic rings. The van der Waals surface area contributed by atoms with Crippen molar-refractivity contribution in [3.63, 3.8) is 0 Å². The van der Waals surface area contributed by atoms with E-state index in [-0.39, 0.29) is 123 Å². The van der Waals surface area contributed by atoms with Crippen molar-refractivity contribution >= 4 is 5.78 Å². The van der Waals surface area contributed by atoms with E-state index in [1.165, 1.54) is 0 Å². The van der Waals surface area contributed by atoms with Crippen molar-refractivity contribution in [3.8, 4) is 0 Å². The molecule has 10 fully saturated rings. The molecule has 2 N–H and O–H groups in total. The van der Waals surface area contributed by atoms with Gasteiger partial charge in [-0.05, 0) is 62.0 Å². The van der Waals surface area contributed by atoms with Crippen LogP contribution in [0.2, 0.25) is 0 Å². The van der Waals surface area contributed by atoms with Crippen molar-refractivity contribution in [2.45, 2.75) is 194 Å². The summed E-state index contributed by atoms with van der Waals surface area (Å²) in [7, 11) is 1.63. The highest BCUT2D eigenvalue weighted by Crippen LogP contribution is 2.54. The Morgan fingerprint density at radius 3 is 2.37 bits per heavy atom. The molecule has 10 saturated heterocycles. The van der Waals surface area contributed by atoms with Crippen molar-refractivity contribution in [2.75, 3.05) is 13.7 Å². The van der Waals surface area contributed by atoms with Gasteiger partial charge in [0.1, 0.15) is 36.3 Å². The summed E-state index contributed by atoms with van der Waals surface area (Å²) in [4.78, 5) is 14.0. The second kappa shape index (κ2) is 14.3. The minimum absolute atomic E-state index is 0.0260. The molecule has 12 nitrogen and oxygen atoms in total. The Morgan fingerprint density at radius 1 is 0.788 bits per heavy atom. The van der Waals surface area contributed by atoms with Crippen molar-refractivity contribution in [2.24, 2.45) is 11.8 Å². The van der Waals surface area contributed by atoms with Crippen molar-refractivity contribution in [1.29, 1.82) is 0 Å². The zero-order valence-electron chi connectivity index (χ0n) is 30.7. The molecule has 10 heterocycles. The fraction of sp³-hybridized carbons (Fsp3) is 0.875. The van der Waals surface area contributed by atoms with Crippen LogP contribution >= 0.6 is 0 Å². The summed E-state index contributed by atoms with van der Waals surface area (Å²) >= 11 is 0. The number of aliphatic hydroxyl groups is 2. The molecular weight excluding hydrogens is 672 g/mol. The van der Waals surface area contributed by atoms with Crippen LogP contribution in [0.5, 0.6) is 0 Å². The number of carbonyl (C=O) groups is 1. The van der Waals surface area contributed by atoms with Crippen LogP contribution in [0, 0.1) is 11.8 Å². The number of ether oxygens (including phenoxy) is 9. The smallest absolute Gasteiger partial charge is 0.172 e. The maximum atomic E-state index is 14.0. The van der Waals surface area contributed by atoms with Crippen LogP contribution in [0.4, 0.5) is 0 Å². The molecule has 10 rings (SSSR count). The topological polar surface area (TPSA) is 141 Å². The average Bonchev–Trinajstić information content (AvgIpc) is 3.79. The molecule has 0 aliphatic carbocycles. The Labute approximate surface area is 306 Å². The normalized spacial score (nSPS) is 52.4. The SMILES string of the molecule is C=C1CC2CC[C@@]34CC5O[C@H]6[C@@H](O3)[C@H]3O[C@H](CC[C@@H]3O[C@H]6[C@H]5O4)CC(=O)CC3C(CC4OC(CCC1O2)C[C@@H](C)C4=C)OC(CC(O)CO)[C@@H]3OC. The minimum atomic E-state index is -0.951. The molecule has 1 spiro atoms. The third kappa shape index (κ3) is 6.59. The van der Waals surface area contributed by atoms with Crippen molar-refractivity contribution in [3.05, 3.63) is 24.3 Å². The standard InChI is InChI=1S/C40H58O12/c1-19-11-24-5-7-28-20(2)12-26(45-28)9-10-40-17-33-36(51-40)37-38(50-33)39(52-40)35-29(49-37)8-6-25(47-35)13-22(42)14-27-31(16-30(46-24)21(19)3)48-32(34(27)44-4)15-23(43)18-41/h19,23-39,41,43H,2-3,5-18H2,1,4H3/t19-,23?,24?,25-,26?,27?,28?,29+,30?,31?,32?,33?,34-,35+,36+,37+,38-,39+,40+/m1/s1. The number of carbonyl (C=O) groups excluding carboxylic acids is 1. The molecule has 10 aliphatic heterocycles. The third-order valence-electron chi connectivity index (χ3n) is 13.9. The Morgan fingerprint density at radius 2 is 1.54 bits per heavy atom. The minimum Gasteiger partial charge on any atom is -0.394 e. The fourth-order valence-corrected chi connectivity index (χ4v) is 11.3. The molecule has 12 heteroatoms. The van der Waals surface area contributed by atoms with Gasteiger partial charge < -0.3 is 52.8 Å². The van der Waals surface area contributed by atoms with Crippen molar-refractivity contribution < 1.29 is 57.6 Å². The Bertz CT molecular complexity index is 1370. The van der Waals surface area contributed by atoms with E-state index in [9.17, 15) is 15.0 Å². The largest absolute Gasteiger partial charge is 0.394 e. The van der Waals surface area contributed by atoms with E-state index in [1.807, 2.05) is 0 Å². The first-order valence-electron chi connectivity index (χ1n) is 20.1.